The summed E-state index contributed by atoms with van der Waals surface area (Å²) < 4.78 is 11.4. The first-order valence-electron chi connectivity index (χ1n) is 7.59. The molecule has 3 aliphatic rings. The van der Waals surface area contributed by atoms with E-state index >= 15 is 0 Å². The van der Waals surface area contributed by atoms with Gasteiger partial charge in [0, 0.05) is 31.8 Å². The number of nitrogen functional groups attached to an aromatic ring is 1. The summed E-state index contributed by atoms with van der Waals surface area (Å²) in [5.74, 6) is -0.0972. The maximum Gasteiger partial charge on any atom is 0.276 e. The summed E-state index contributed by atoms with van der Waals surface area (Å²) in [5.41, 5.74) is 7.89. The molecule has 1 amide bonds. The molecule has 0 aromatic carbocycles. The zero-order valence-corrected chi connectivity index (χ0v) is 11.9. The number of ether oxygens (including phenoxy) is 2. The van der Waals surface area contributed by atoms with Crippen molar-refractivity contribution in [1.29, 1.82) is 0 Å². The molecule has 7 nitrogen and oxygen atoms in total. The molecular weight excluding hydrogens is 272 g/mol. The Bertz CT molecular complexity index is 551. The van der Waals surface area contributed by atoms with Gasteiger partial charge in [0.1, 0.15) is 0 Å². The number of aromatic nitrogens is 2. The third-order valence-corrected chi connectivity index (χ3v) is 4.65. The molecule has 21 heavy (non-hydrogen) atoms. The molecule has 1 spiro atoms. The second-order valence-corrected chi connectivity index (χ2v) is 6.07. The first-order valence-corrected chi connectivity index (χ1v) is 7.59. The van der Waals surface area contributed by atoms with Crippen molar-refractivity contribution < 1.29 is 14.3 Å². The first-order chi connectivity index (χ1) is 10.2. The van der Waals surface area contributed by atoms with E-state index in [1.807, 2.05) is 0 Å². The number of nitrogens with one attached hydrogen (secondary N) is 1. The number of carbonyl (C=O) groups is 1. The summed E-state index contributed by atoms with van der Waals surface area (Å²) in [4.78, 5) is 14.4. The number of anilines is 1. The molecule has 114 valence electrons. The van der Waals surface area contributed by atoms with Crippen LogP contribution in [0.4, 0.5) is 5.69 Å². The van der Waals surface area contributed by atoms with Crippen LogP contribution >= 0.6 is 0 Å². The van der Waals surface area contributed by atoms with Crippen molar-refractivity contribution in [3.05, 3.63) is 11.4 Å². The Morgan fingerprint density at radius 3 is 2.57 bits per heavy atom. The molecule has 7 heteroatoms. The van der Waals surface area contributed by atoms with Gasteiger partial charge in [-0.25, -0.2) is 0 Å². The number of nitrogens with zero attached hydrogens (tertiary/aromatic N) is 2. The van der Waals surface area contributed by atoms with Crippen molar-refractivity contribution in [3.8, 4) is 0 Å². The highest BCUT2D eigenvalue weighted by Gasteiger charge is 2.41. The SMILES string of the molecule is Nc1c(C(=O)N2CCC3(CC2)OCCO3)n[nH]c1C1CC1. The van der Waals surface area contributed by atoms with Crippen LogP contribution in [0.25, 0.3) is 0 Å². The highest BCUT2D eigenvalue weighted by atomic mass is 16.7. The van der Waals surface area contributed by atoms with Crippen molar-refractivity contribution in [3.63, 3.8) is 0 Å². The molecule has 1 aromatic heterocycles. The molecule has 3 N–H and O–H groups in total. The number of amides is 1. The summed E-state index contributed by atoms with van der Waals surface area (Å²) in [6, 6.07) is 0. The maximum absolute atomic E-state index is 12.6. The first kappa shape index (κ1) is 13.1. The second-order valence-electron chi connectivity index (χ2n) is 6.07. The van der Waals surface area contributed by atoms with Crippen LogP contribution < -0.4 is 5.73 Å². The summed E-state index contributed by atoms with van der Waals surface area (Å²) in [5, 5.41) is 7.07. The third kappa shape index (κ3) is 2.20. The Labute approximate surface area is 122 Å². The lowest BCUT2D eigenvalue weighted by atomic mass is 10.0. The largest absolute Gasteiger partial charge is 0.395 e. The second kappa shape index (κ2) is 4.71. The van der Waals surface area contributed by atoms with E-state index < -0.39 is 5.79 Å². The maximum atomic E-state index is 12.6. The molecule has 2 saturated heterocycles. The number of aromatic amines is 1. The highest BCUT2D eigenvalue weighted by Crippen LogP contribution is 2.42. The van der Waals surface area contributed by atoms with E-state index in [2.05, 4.69) is 10.2 Å². The fourth-order valence-corrected chi connectivity index (χ4v) is 3.20. The lowest BCUT2D eigenvalue weighted by Gasteiger charge is -2.37. The molecule has 1 saturated carbocycles. The Kier molecular flexibility index (Phi) is 2.93. The molecule has 0 unspecified atom stereocenters. The molecule has 2 aliphatic heterocycles. The number of H-pyrrole nitrogens is 1. The molecule has 3 fully saturated rings. The van der Waals surface area contributed by atoms with E-state index in [4.69, 9.17) is 15.2 Å². The van der Waals surface area contributed by atoms with E-state index in [0.717, 1.165) is 18.5 Å². The van der Waals surface area contributed by atoms with E-state index in [9.17, 15) is 4.79 Å². The van der Waals surface area contributed by atoms with Gasteiger partial charge in [0.2, 0.25) is 0 Å². The Balaban J connectivity index is 1.46. The Morgan fingerprint density at radius 1 is 1.29 bits per heavy atom. The van der Waals surface area contributed by atoms with Gasteiger partial charge < -0.3 is 20.1 Å². The number of piperidine rings is 1. The lowest BCUT2D eigenvalue weighted by Crippen LogP contribution is -2.47. The van der Waals surface area contributed by atoms with Crippen LogP contribution in [-0.2, 0) is 9.47 Å². The standard InChI is InChI=1S/C14H20N4O3/c15-10-11(9-1-2-9)16-17-12(10)13(19)18-5-3-14(4-6-18)20-7-8-21-14/h9H,1-8,15H2,(H,16,17). The van der Waals surface area contributed by atoms with Gasteiger partial charge in [0.15, 0.2) is 11.5 Å². The van der Waals surface area contributed by atoms with Gasteiger partial charge >= 0.3 is 0 Å². The molecular formula is C14H20N4O3. The number of nitrogens with two attached hydrogens (primary N) is 1. The molecule has 1 aliphatic carbocycles. The van der Waals surface area contributed by atoms with E-state index in [1.165, 1.54) is 0 Å². The summed E-state index contributed by atoms with van der Waals surface area (Å²) >= 11 is 0. The van der Waals surface area contributed by atoms with Crippen LogP contribution in [0.15, 0.2) is 0 Å². The van der Waals surface area contributed by atoms with Crippen LogP contribution in [0.2, 0.25) is 0 Å². The van der Waals surface area contributed by atoms with Gasteiger partial charge in [-0.15, -0.1) is 0 Å². The summed E-state index contributed by atoms with van der Waals surface area (Å²) in [6.45, 7) is 2.52. The highest BCUT2D eigenvalue weighted by molar-refractivity contribution is 5.97. The number of carbonyl (C=O) groups excluding carboxylic acids is 1. The minimum absolute atomic E-state index is 0.0940. The van der Waals surface area contributed by atoms with Crippen molar-refractivity contribution in [2.75, 3.05) is 32.0 Å². The molecule has 0 bridgehead atoms. The molecule has 4 rings (SSSR count). The third-order valence-electron chi connectivity index (χ3n) is 4.65. The molecule has 0 radical (unpaired) electrons. The monoisotopic (exact) mass is 292 g/mol. The van der Waals surface area contributed by atoms with Crippen LogP contribution in [0.3, 0.4) is 0 Å². The van der Waals surface area contributed by atoms with Crippen LogP contribution in [0.1, 0.15) is 47.8 Å². The number of likely N-dealkylation sites (tertiary alicyclic amines) is 1. The Morgan fingerprint density at radius 2 is 1.95 bits per heavy atom. The van der Waals surface area contributed by atoms with Crippen molar-refractivity contribution in [1.82, 2.24) is 15.1 Å². The van der Waals surface area contributed by atoms with Crippen molar-refractivity contribution in [2.45, 2.75) is 37.4 Å². The average Bonchev–Trinajstić information content (AvgIpc) is 3.13. The molecule has 3 heterocycles. The van der Waals surface area contributed by atoms with Crippen LogP contribution in [-0.4, -0.2) is 53.1 Å². The van der Waals surface area contributed by atoms with Gasteiger partial charge in [0.25, 0.3) is 5.91 Å². The zero-order valence-electron chi connectivity index (χ0n) is 11.9. The zero-order chi connectivity index (χ0) is 14.4. The number of hydrogen-bond acceptors (Lipinski definition) is 5. The van der Waals surface area contributed by atoms with Crippen molar-refractivity contribution >= 4 is 11.6 Å². The van der Waals surface area contributed by atoms with E-state index in [0.29, 0.717) is 56.4 Å². The topological polar surface area (TPSA) is 93.5 Å². The summed E-state index contributed by atoms with van der Waals surface area (Å²) in [7, 11) is 0. The fraction of sp³-hybridized carbons (Fsp3) is 0.714. The predicted octanol–water partition coefficient (Wildman–Crippen LogP) is 0.848. The fourth-order valence-electron chi connectivity index (χ4n) is 3.20. The van der Waals surface area contributed by atoms with Crippen molar-refractivity contribution in [2.24, 2.45) is 0 Å². The van der Waals surface area contributed by atoms with Gasteiger partial charge in [-0.05, 0) is 12.8 Å². The minimum Gasteiger partial charge on any atom is -0.395 e. The minimum atomic E-state index is -0.465. The Hall–Kier alpha value is -1.60. The smallest absolute Gasteiger partial charge is 0.276 e. The lowest BCUT2D eigenvalue weighted by molar-refractivity contribution is -0.181. The van der Waals surface area contributed by atoms with Gasteiger partial charge in [0.05, 0.1) is 24.6 Å². The number of hydrogen-bond donors (Lipinski definition) is 2. The quantitative estimate of drug-likeness (QED) is 0.843. The normalized spacial score (nSPS) is 24.7. The van der Waals surface area contributed by atoms with Gasteiger partial charge in [-0.1, -0.05) is 0 Å². The predicted molar refractivity (Wildman–Crippen MR) is 74.7 cm³/mol. The molecule has 1 aromatic rings. The van der Waals surface area contributed by atoms with Gasteiger partial charge in [-0.3, -0.25) is 9.89 Å². The van der Waals surface area contributed by atoms with Crippen LogP contribution in [0.5, 0.6) is 0 Å². The van der Waals surface area contributed by atoms with Crippen LogP contribution in [0, 0.1) is 0 Å². The van der Waals surface area contributed by atoms with E-state index in [1.54, 1.807) is 4.90 Å². The summed E-state index contributed by atoms with van der Waals surface area (Å²) in [6.07, 6.45) is 3.67. The molecule has 0 atom stereocenters. The van der Waals surface area contributed by atoms with Gasteiger partial charge in [-0.2, -0.15) is 5.10 Å². The average molecular weight is 292 g/mol. The van der Waals surface area contributed by atoms with E-state index in [-0.39, 0.29) is 5.91 Å². The number of rotatable bonds is 2.